The summed E-state index contributed by atoms with van der Waals surface area (Å²) in [6, 6.07) is 4.38. The first-order valence-corrected chi connectivity index (χ1v) is 11.3. The number of aromatic nitrogens is 2. The molecule has 0 aliphatic heterocycles. The number of nitriles is 1. The molecule has 1 aromatic rings. The van der Waals surface area contributed by atoms with Crippen molar-refractivity contribution in [1.29, 1.82) is 5.26 Å². The summed E-state index contributed by atoms with van der Waals surface area (Å²) in [6.45, 7) is 0. The van der Waals surface area contributed by atoms with Crippen molar-refractivity contribution in [2.75, 3.05) is 0 Å². The first-order chi connectivity index (χ1) is 4.93. The zero-order chi connectivity index (χ0) is 7.82. The van der Waals surface area contributed by atoms with Crippen LogP contribution >= 0.6 is 19.8 Å². The molecule has 0 saturated heterocycles. The summed E-state index contributed by atoms with van der Waals surface area (Å²) in [5, 5.41) is 8.15. The van der Waals surface area contributed by atoms with E-state index in [-0.39, 0.29) is 5.82 Å². The number of hydrogen-bond donors (Lipinski definition) is 0. The Balaban J connectivity index is 0.000000371. The molecule has 1 aromatic heterocycles. The zero-order valence-corrected chi connectivity index (χ0v) is 10.2. The average molecular weight is 296 g/mol. The van der Waals surface area contributed by atoms with E-state index in [4.69, 9.17) is 5.26 Å². The molecule has 0 unspecified atom stereocenters. The van der Waals surface area contributed by atoms with Crippen LogP contribution in [0.3, 0.4) is 0 Å². The van der Waals surface area contributed by atoms with Crippen LogP contribution in [0.1, 0.15) is 5.82 Å². The van der Waals surface area contributed by atoms with Crippen LogP contribution < -0.4 is 0 Å². The average Bonchev–Trinajstić information content (AvgIpc) is 2.10. The molecule has 0 fully saturated rings. The quantitative estimate of drug-likeness (QED) is 0.408. The monoisotopic (exact) mass is 295 g/mol. The summed E-state index contributed by atoms with van der Waals surface area (Å²) in [5.41, 5.74) is 0. The molecule has 0 aliphatic rings. The molecule has 0 aromatic carbocycles. The van der Waals surface area contributed by atoms with Crippen LogP contribution in [-0.4, -0.2) is 9.97 Å². The number of hydrogen-bond acceptors (Lipinski definition) is 3. The van der Waals surface area contributed by atoms with Crippen molar-refractivity contribution in [3.05, 3.63) is 24.3 Å². The third-order valence-electron chi connectivity index (χ3n) is 0.623. The van der Waals surface area contributed by atoms with E-state index in [1.807, 2.05) is 0 Å². The van der Waals surface area contributed by atoms with Crippen molar-refractivity contribution >= 4 is 19.8 Å². The van der Waals surface area contributed by atoms with Gasteiger partial charge in [0.15, 0.2) is 0 Å². The normalized spacial score (nSPS) is 7.00. The topological polar surface area (TPSA) is 49.6 Å². The van der Waals surface area contributed by atoms with Gasteiger partial charge in [0.2, 0.25) is 5.82 Å². The first kappa shape index (κ1) is 9.92. The van der Waals surface area contributed by atoms with Crippen molar-refractivity contribution in [3.8, 4) is 6.07 Å². The van der Waals surface area contributed by atoms with E-state index in [1.54, 1.807) is 6.07 Å². The van der Waals surface area contributed by atoms with Crippen LogP contribution in [0.2, 0.25) is 0 Å². The zero-order valence-electron chi connectivity index (χ0n) is 5.08. The van der Waals surface area contributed by atoms with Gasteiger partial charge >= 0.3 is 34.5 Å². The molecule has 0 spiro atoms. The van der Waals surface area contributed by atoms with Crippen LogP contribution in [-0.2, 0) is 14.8 Å². The Bertz CT molecular complexity index is 208. The van der Waals surface area contributed by atoms with Gasteiger partial charge in [0.1, 0.15) is 6.07 Å². The van der Waals surface area contributed by atoms with Crippen LogP contribution in [0.15, 0.2) is 12.4 Å². The van der Waals surface area contributed by atoms with Gasteiger partial charge in [0.05, 0.1) is 0 Å². The summed E-state index contributed by atoms with van der Waals surface area (Å²) in [7, 11) is 0. The van der Waals surface area contributed by atoms with Gasteiger partial charge in [-0.2, -0.15) is 5.26 Å². The van der Waals surface area contributed by atoms with Gasteiger partial charge in [-0.1, -0.05) is 0 Å². The van der Waals surface area contributed by atoms with Gasteiger partial charge in [-0.05, 0) is 0 Å². The molecule has 1 rings (SSSR count). The van der Waals surface area contributed by atoms with Gasteiger partial charge < -0.3 is 6.07 Å². The molecule has 3 nitrogen and oxygen atoms in total. The van der Waals surface area contributed by atoms with E-state index >= 15 is 0 Å². The van der Waals surface area contributed by atoms with Crippen LogP contribution in [0.25, 0.3) is 0 Å². The van der Waals surface area contributed by atoms with E-state index in [0.717, 1.165) is 0 Å². The van der Waals surface area contributed by atoms with Crippen LogP contribution in [0.4, 0.5) is 0 Å². The predicted molar refractivity (Wildman–Crippen MR) is 39.6 cm³/mol. The molecule has 10 heavy (non-hydrogen) atoms. The molecular weight excluding hydrogens is 294 g/mol. The summed E-state index contributed by atoms with van der Waals surface area (Å²) in [6.07, 6.45) is 2.82. The molecule has 0 N–H and O–H groups in total. The molecule has 0 aliphatic carbocycles. The van der Waals surface area contributed by atoms with E-state index in [0.29, 0.717) is 0 Å². The predicted octanol–water partition coefficient (Wildman–Crippen LogP) is 1.03. The molecule has 5 heteroatoms. The van der Waals surface area contributed by atoms with E-state index < -0.39 is 0 Å². The Labute approximate surface area is 79.7 Å². The fraction of sp³-hybridized carbons (Fsp3) is 0. The second-order valence-electron chi connectivity index (χ2n) is 1.12. The standard InChI is InChI=1S/C5H2N3.HI.Zn/c6-4-5-7-2-1-3-8-5;;/h2-3H;1H;/q-1;;+2/p-1. The summed E-state index contributed by atoms with van der Waals surface area (Å²) in [5.74, 6) is 0.184. The van der Waals surface area contributed by atoms with Gasteiger partial charge in [-0.3, -0.25) is 9.97 Å². The van der Waals surface area contributed by atoms with Gasteiger partial charge in [-0.15, -0.1) is 12.4 Å². The second kappa shape index (κ2) is 7.04. The van der Waals surface area contributed by atoms with Crippen molar-refractivity contribution in [2.24, 2.45) is 0 Å². The molecule has 0 radical (unpaired) electrons. The summed E-state index contributed by atoms with van der Waals surface area (Å²) in [4.78, 5) is 7.14. The van der Waals surface area contributed by atoms with Gasteiger partial charge in [0, 0.05) is 0 Å². The molecule has 0 bridgehead atoms. The van der Waals surface area contributed by atoms with Gasteiger partial charge in [-0.25, -0.2) is 0 Å². The minimum atomic E-state index is 0.184. The second-order valence-corrected chi connectivity index (χ2v) is 1.12. The Morgan fingerprint density at radius 3 is 2.30 bits per heavy atom. The van der Waals surface area contributed by atoms with E-state index in [1.165, 1.54) is 27.2 Å². The Morgan fingerprint density at radius 1 is 1.50 bits per heavy atom. The number of nitrogens with zero attached hydrogens (tertiary/aromatic N) is 3. The summed E-state index contributed by atoms with van der Waals surface area (Å²) < 4.78 is 0. The molecular formula is C5H2IN3Zn. The maximum absolute atomic E-state index is 8.15. The fourth-order valence-corrected chi connectivity index (χ4v) is 0.321. The molecule has 0 atom stereocenters. The third-order valence-corrected chi connectivity index (χ3v) is 0.623. The molecule has 0 amide bonds. The van der Waals surface area contributed by atoms with E-state index in [9.17, 15) is 0 Å². The van der Waals surface area contributed by atoms with Crippen molar-refractivity contribution < 1.29 is 14.8 Å². The van der Waals surface area contributed by atoms with Crippen molar-refractivity contribution in [3.63, 3.8) is 0 Å². The van der Waals surface area contributed by atoms with Crippen LogP contribution in [0.5, 0.6) is 0 Å². The van der Waals surface area contributed by atoms with Crippen molar-refractivity contribution in [2.45, 2.75) is 0 Å². The van der Waals surface area contributed by atoms with Crippen LogP contribution in [0, 0.1) is 17.4 Å². The maximum atomic E-state index is 8.15. The number of halogens is 1. The first-order valence-electron chi connectivity index (χ1n) is 2.28. The minimum absolute atomic E-state index is 0.184. The Morgan fingerprint density at radius 2 is 2.00 bits per heavy atom. The van der Waals surface area contributed by atoms with Gasteiger partial charge in [0.25, 0.3) is 0 Å². The Kier molecular flexibility index (Phi) is 6.98. The SMILES string of the molecule is N#Cc1nc[c-]cn1.[Zn+][I]. The summed E-state index contributed by atoms with van der Waals surface area (Å²) >= 11 is 3.62. The third kappa shape index (κ3) is 3.86. The van der Waals surface area contributed by atoms with E-state index in [2.05, 4.69) is 35.8 Å². The van der Waals surface area contributed by atoms with Crippen molar-refractivity contribution in [1.82, 2.24) is 9.97 Å². The molecule has 1 heterocycles. The molecule has 0 saturated carbocycles. The Hall–Kier alpha value is -0.0766. The molecule has 46 valence electrons. The fourth-order valence-electron chi connectivity index (χ4n) is 0.321. The number of rotatable bonds is 0.